The fourth-order valence-electron chi connectivity index (χ4n) is 2.52. The molecule has 0 bridgehead atoms. The van der Waals surface area contributed by atoms with Crippen LogP contribution in [-0.4, -0.2) is 50.9 Å². The molecule has 0 saturated carbocycles. The number of hydrogen-bond acceptors (Lipinski definition) is 5. The second-order valence-corrected chi connectivity index (χ2v) is 5.03. The maximum atomic E-state index is 11.4. The van der Waals surface area contributed by atoms with E-state index in [4.69, 9.17) is 0 Å². The Kier molecular flexibility index (Phi) is 3.20. The van der Waals surface area contributed by atoms with Crippen LogP contribution in [-0.2, 0) is 0 Å². The number of nitrogens with one attached hydrogen (secondary N) is 2. The molecule has 1 unspecified atom stereocenters. The van der Waals surface area contributed by atoms with Crippen molar-refractivity contribution in [1.82, 2.24) is 24.7 Å². The molecule has 7 heteroatoms. The first-order valence-corrected chi connectivity index (χ1v) is 6.62. The van der Waals surface area contributed by atoms with Gasteiger partial charge < -0.3 is 10.2 Å². The van der Waals surface area contributed by atoms with Crippen molar-refractivity contribution in [3.63, 3.8) is 0 Å². The summed E-state index contributed by atoms with van der Waals surface area (Å²) in [5, 5.41) is 13.7. The van der Waals surface area contributed by atoms with Crippen LogP contribution in [0.5, 0.6) is 0 Å². The number of piperidine rings is 1. The van der Waals surface area contributed by atoms with Crippen molar-refractivity contribution < 1.29 is 0 Å². The van der Waals surface area contributed by atoms with Gasteiger partial charge in [0.25, 0.3) is 0 Å². The van der Waals surface area contributed by atoms with Crippen LogP contribution in [0.25, 0.3) is 5.65 Å². The molecular weight excluding hydrogens is 244 g/mol. The molecule has 0 aromatic carbocycles. The minimum Gasteiger partial charge on any atom is -0.367 e. The summed E-state index contributed by atoms with van der Waals surface area (Å²) in [7, 11) is 2.16. The molecule has 1 aliphatic heterocycles. The van der Waals surface area contributed by atoms with Gasteiger partial charge in [0, 0.05) is 12.6 Å². The molecule has 0 amide bonds. The lowest BCUT2D eigenvalue weighted by molar-refractivity contribution is 0.194. The molecule has 0 radical (unpaired) electrons. The number of nitrogens with zero attached hydrogens (tertiary/aromatic N) is 4. The van der Waals surface area contributed by atoms with Gasteiger partial charge in [0.05, 0.1) is 0 Å². The van der Waals surface area contributed by atoms with Crippen LogP contribution in [0.1, 0.15) is 19.3 Å². The largest absolute Gasteiger partial charge is 0.367 e. The Labute approximate surface area is 110 Å². The van der Waals surface area contributed by atoms with Gasteiger partial charge in [-0.2, -0.15) is 9.61 Å². The molecule has 1 aliphatic rings. The first-order valence-electron chi connectivity index (χ1n) is 6.62. The molecule has 2 aromatic rings. The molecule has 3 rings (SSSR count). The van der Waals surface area contributed by atoms with Crippen LogP contribution >= 0.6 is 0 Å². The average molecular weight is 262 g/mol. The highest BCUT2D eigenvalue weighted by atomic mass is 16.2. The average Bonchev–Trinajstić information content (AvgIpc) is 2.79. The fraction of sp³-hybridized carbons (Fsp3) is 0.583. The van der Waals surface area contributed by atoms with Crippen LogP contribution in [0.15, 0.2) is 16.9 Å². The summed E-state index contributed by atoms with van der Waals surface area (Å²) in [6.07, 6.45) is 3.77. The molecule has 2 aromatic heterocycles. The van der Waals surface area contributed by atoms with Crippen LogP contribution < -0.4 is 11.0 Å². The summed E-state index contributed by atoms with van der Waals surface area (Å²) in [6.45, 7) is 2.00. The standard InChI is InChI=1S/C12H18N6O/c1-17-7-3-2-4-9(17)8-13-10-5-6-11-14-15-12(19)18(11)16-10/h5-6,9H,2-4,7-8H2,1H3,(H,13,16)(H,15,19). The summed E-state index contributed by atoms with van der Waals surface area (Å²) < 4.78 is 1.27. The first-order chi connectivity index (χ1) is 9.24. The number of likely N-dealkylation sites (N-methyl/N-ethyl adjacent to an activating group) is 1. The summed E-state index contributed by atoms with van der Waals surface area (Å²) in [6, 6.07) is 4.16. The van der Waals surface area contributed by atoms with E-state index in [1.54, 1.807) is 6.07 Å². The summed E-state index contributed by atoms with van der Waals surface area (Å²) in [5.41, 5.74) is 0.221. The Hall–Kier alpha value is -1.89. The van der Waals surface area contributed by atoms with E-state index < -0.39 is 0 Å². The molecule has 7 nitrogen and oxygen atoms in total. The van der Waals surface area contributed by atoms with Gasteiger partial charge in [-0.25, -0.2) is 9.89 Å². The van der Waals surface area contributed by atoms with Crippen molar-refractivity contribution in [2.45, 2.75) is 25.3 Å². The molecule has 1 saturated heterocycles. The molecule has 1 atom stereocenters. The van der Waals surface area contributed by atoms with E-state index in [1.807, 2.05) is 6.07 Å². The topological polar surface area (TPSA) is 78.3 Å². The molecule has 0 spiro atoms. The third kappa shape index (κ3) is 2.46. The Bertz CT molecular complexity index is 618. The van der Waals surface area contributed by atoms with Gasteiger partial charge in [0.15, 0.2) is 5.65 Å². The smallest absolute Gasteiger partial charge is 0.364 e. The van der Waals surface area contributed by atoms with E-state index in [1.165, 1.54) is 23.8 Å². The van der Waals surface area contributed by atoms with Crippen molar-refractivity contribution in [3.8, 4) is 0 Å². The number of anilines is 1. The molecular formula is C12H18N6O. The zero-order valence-electron chi connectivity index (χ0n) is 11.0. The molecule has 102 valence electrons. The van der Waals surface area contributed by atoms with Crippen LogP contribution in [0, 0.1) is 0 Å². The normalized spacial score (nSPS) is 20.8. The van der Waals surface area contributed by atoms with Gasteiger partial charge in [0.2, 0.25) is 0 Å². The van der Waals surface area contributed by atoms with Crippen molar-refractivity contribution in [3.05, 3.63) is 22.6 Å². The van der Waals surface area contributed by atoms with E-state index in [0.717, 1.165) is 13.1 Å². The predicted octanol–water partition coefficient (Wildman–Crippen LogP) is 0.314. The Morgan fingerprint density at radius 3 is 3.21 bits per heavy atom. The number of likely N-dealkylation sites (tertiary alicyclic amines) is 1. The monoisotopic (exact) mass is 262 g/mol. The third-order valence-electron chi connectivity index (χ3n) is 3.71. The lowest BCUT2D eigenvalue weighted by Gasteiger charge is -2.32. The SMILES string of the molecule is CN1CCCCC1CNc1ccc2n[nH]c(=O)n2n1. The van der Waals surface area contributed by atoms with Crippen LogP contribution in [0.4, 0.5) is 5.82 Å². The highest BCUT2D eigenvalue weighted by Gasteiger charge is 2.18. The molecule has 2 N–H and O–H groups in total. The molecule has 0 aliphatic carbocycles. The Morgan fingerprint density at radius 2 is 2.37 bits per heavy atom. The van der Waals surface area contributed by atoms with Crippen molar-refractivity contribution in [2.75, 3.05) is 25.5 Å². The number of H-pyrrole nitrogens is 1. The number of hydrogen-bond donors (Lipinski definition) is 2. The lowest BCUT2D eigenvalue weighted by atomic mass is 10.0. The van der Waals surface area contributed by atoms with E-state index in [-0.39, 0.29) is 5.69 Å². The van der Waals surface area contributed by atoms with Gasteiger partial charge in [0.1, 0.15) is 5.82 Å². The van der Waals surface area contributed by atoms with Gasteiger partial charge in [-0.05, 0) is 38.6 Å². The number of aromatic nitrogens is 4. The summed E-state index contributed by atoms with van der Waals surface area (Å²) in [5.74, 6) is 0.704. The van der Waals surface area contributed by atoms with Gasteiger partial charge in [-0.3, -0.25) is 0 Å². The molecule has 1 fully saturated rings. The third-order valence-corrected chi connectivity index (χ3v) is 3.71. The fourth-order valence-corrected chi connectivity index (χ4v) is 2.52. The number of fused-ring (bicyclic) bond motifs is 1. The highest BCUT2D eigenvalue weighted by molar-refractivity contribution is 5.42. The van der Waals surface area contributed by atoms with E-state index >= 15 is 0 Å². The second kappa shape index (κ2) is 5.00. The minimum atomic E-state index is -0.312. The maximum Gasteiger partial charge on any atom is 0.364 e. The van der Waals surface area contributed by atoms with Gasteiger partial charge >= 0.3 is 5.69 Å². The maximum absolute atomic E-state index is 11.4. The van der Waals surface area contributed by atoms with E-state index in [0.29, 0.717) is 17.5 Å². The first kappa shape index (κ1) is 12.2. The number of aromatic amines is 1. The van der Waals surface area contributed by atoms with E-state index in [9.17, 15) is 4.79 Å². The van der Waals surface area contributed by atoms with Crippen molar-refractivity contribution in [2.24, 2.45) is 0 Å². The lowest BCUT2D eigenvalue weighted by Crippen LogP contribution is -2.40. The van der Waals surface area contributed by atoms with Crippen LogP contribution in [0.3, 0.4) is 0 Å². The molecule has 19 heavy (non-hydrogen) atoms. The second-order valence-electron chi connectivity index (χ2n) is 5.03. The minimum absolute atomic E-state index is 0.312. The highest BCUT2D eigenvalue weighted by Crippen LogP contribution is 2.15. The van der Waals surface area contributed by atoms with E-state index in [2.05, 4.69) is 32.6 Å². The van der Waals surface area contributed by atoms with Crippen molar-refractivity contribution >= 4 is 11.5 Å². The Morgan fingerprint density at radius 1 is 1.47 bits per heavy atom. The summed E-state index contributed by atoms with van der Waals surface area (Å²) >= 11 is 0. The zero-order valence-corrected chi connectivity index (χ0v) is 11.0. The molecule has 3 heterocycles. The summed E-state index contributed by atoms with van der Waals surface area (Å²) in [4.78, 5) is 13.8. The van der Waals surface area contributed by atoms with Gasteiger partial charge in [-0.15, -0.1) is 5.10 Å². The van der Waals surface area contributed by atoms with Crippen molar-refractivity contribution in [1.29, 1.82) is 0 Å². The predicted molar refractivity (Wildman–Crippen MR) is 72.4 cm³/mol. The van der Waals surface area contributed by atoms with Crippen LogP contribution in [0.2, 0.25) is 0 Å². The Balaban J connectivity index is 1.71. The number of rotatable bonds is 3. The van der Waals surface area contributed by atoms with Gasteiger partial charge in [-0.1, -0.05) is 6.42 Å². The quantitative estimate of drug-likeness (QED) is 0.832. The zero-order chi connectivity index (χ0) is 13.2.